The molecule has 80 valence electrons. The Morgan fingerprint density at radius 3 is 2.73 bits per heavy atom. The average molecular weight is 201 g/mol. The normalized spacial score (nSPS) is 11.1. The lowest BCUT2D eigenvalue weighted by Gasteiger charge is -2.09. The molecular formula is C14H19N. The summed E-state index contributed by atoms with van der Waals surface area (Å²) in [6, 6.07) is 4.49. The van der Waals surface area contributed by atoms with E-state index in [0.29, 0.717) is 0 Å². The van der Waals surface area contributed by atoms with Gasteiger partial charge in [0.1, 0.15) is 0 Å². The summed E-state index contributed by atoms with van der Waals surface area (Å²) in [6.45, 7) is 6.65. The van der Waals surface area contributed by atoms with Crippen LogP contribution in [0.25, 0.3) is 10.9 Å². The molecular weight excluding hydrogens is 182 g/mol. The highest BCUT2D eigenvalue weighted by atomic mass is 14.7. The van der Waals surface area contributed by atoms with Crippen LogP contribution in [-0.4, -0.2) is 4.98 Å². The van der Waals surface area contributed by atoms with E-state index in [2.05, 4.69) is 37.9 Å². The molecule has 1 aromatic heterocycles. The molecule has 0 spiro atoms. The lowest BCUT2D eigenvalue weighted by atomic mass is 9.97. The van der Waals surface area contributed by atoms with Gasteiger partial charge in [0, 0.05) is 17.1 Å². The number of aromatic nitrogens is 1. The van der Waals surface area contributed by atoms with Gasteiger partial charge in [-0.25, -0.2) is 0 Å². The van der Waals surface area contributed by atoms with Gasteiger partial charge in [-0.05, 0) is 49.4 Å². The lowest BCUT2D eigenvalue weighted by Crippen LogP contribution is -1.93. The van der Waals surface area contributed by atoms with Crippen LogP contribution in [0.2, 0.25) is 0 Å². The number of fused-ring (bicyclic) bond motifs is 1. The molecule has 1 aromatic carbocycles. The Kier molecular flexibility index (Phi) is 2.81. The summed E-state index contributed by atoms with van der Waals surface area (Å²) in [5, 5.41) is 1.38. The van der Waals surface area contributed by atoms with E-state index >= 15 is 0 Å². The number of unbranched alkanes of at least 4 members (excludes halogenated alkanes) is 1. The molecule has 2 aromatic rings. The summed E-state index contributed by atoms with van der Waals surface area (Å²) < 4.78 is 0. The third-order valence-corrected chi connectivity index (χ3v) is 3.16. The second-order valence-corrected chi connectivity index (χ2v) is 4.36. The fraction of sp³-hybridized carbons (Fsp3) is 0.429. The number of hydrogen-bond acceptors (Lipinski definition) is 0. The van der Waals surface area contributed by atoms with Crippen LogP contribution in [0.4, 0.5) is 0 Å². The maximum Gasteiger partial charge on any atom is 0.0491 e. The molecule has 0 unspecified atom stereocenters. The van der Waals surface area contributed by atoms with Gasteiger partial charge in [0.15, 0.2) is 0 Å². The van der Waals surface area contributed by atoms with Gasteiger partial charge in [-0.15, -0.1) is 0 Å². The van der Waals surface area contributed by atoms with Crippen molar-refractivity contribution in [2.45, 2.75) is 40.0 Å². The summed E-state index contributed by atoms with van der Waals surface area (Å²) >= 11 is 0. The molecule has 0 saturated carbocycles. The van der Waals surface area contributed by atoms with E-state index in [-0.39, 0.29) is 0 Å². The van der Waals surface area contributed by atoms with Gasteiger partial charge in [-0.2, -0.15) is 0 Å². The van der Waals surface area contributed by atoms with Gasteiger partial charge in [0.05, 0.1) is 0 Å². The molecule has 0 aliphatic heterocycles. The van der Waals surface area contributed by atoms with Gasteiger partial charge < -0.3 is 4.98 Å². The second kappa shape index (κ2) is 4.09. The van der Waals surface area contributed by atoms with Gasteiger partial charge in [0.25, 0.3) is 0 Å². The minimum Gasteiger partial charge on any atom is -0.361 e. The Morgan fingerprint density at radius 1 is 1.20 bits per heavy atom. The van der Waals surface area contributed by atoms with Crippen molar-refractivity contribution in [3.63, 3.8) is 0 Å². The number of aryl methyl sites for hydroxylation is 3. The molecule has 1 heteroatoms. The minimum absolute atomic E-state index is 1.19. The molecule has 15 heavy (non-hydrogen) atoms. The van der Waals surface area contributed by atoms with Crippen LogP contribution in [0.15, 0.2) is 18.3 Å². The number of benzene rings is 1. The fourth-order valence-corrected chi connectivity index (χ4v) is 2.31. The molecule has 0 amide bonds. The molecule has 0 fully saturated rings. The molecule has 0 bridgehead atoms. The molecule has 0 atom stereocenters. The first-order valence-corrected chi connectivity index (χ1v) is 5.80. The highest BCUT2D eigenvalue weighted by Gasteiger charge is 2.07. The minimum atomic E-state index is 1.19. The molecule has 0 radical (unpaired) electrons. The summed E-state index contributed by atoms with van der Waals surface area (Å²) in [5.74, 6) is 0. The summed E-state index contributed by atoms with van der Waals surface area (Å²) in [4.78, 5) is 3.38. The molecule has 0 aliphatic carbocycles. The zero-order valence-electron chi connectivity index (χ0n) is 9.85. The van der Waals surface area contributed by atoms with E-state index in [1.54, 1.807) is 0 Å². The van der Waals surface area contributed by atoms with Crippen LogP contribution >= 0.6 is 0 Å². The first-order valence-electron chi connectivity index (χ1n) is 5.80. The first-order chi connectivity index (χ1) is 7.24. The van der Waals surface area contributed by atoms with Crippen molar-refractivity contribution in [1.29, 1.82) is 0 Å². The topological polar surface area (TPSA) is 15.8 Å². The van der Waals surface area contributed by atoms with Gasteiger partial charge in [-0.1, -0.05) is 19.4 Å². The van der Waals surface area contributed by atoms with Crippen molar-refractivity contribution >= 4 is 10.9 Å². The van der Waals surface area contributed by atoms with Crippen LogP contribution in [0.1, 0.15) is 36.5 Å². The molecule has 1 heterocycles. The lowest BCUT2D eigenvalue weighted by molar-refractivity contribution is 0.794. The Morgan fingerprint density at radius 2 is 2.00 bits per heavy atom. The van der Waals surface area contributed by atoms with E-state index in [1.807, 2.05) is 6.20 Å². The van der Waals surface area contributed by atoms with E-state index in [0.717, 1.165) is 0 Å². The number of nitrogens with one attached hydrogen (secondary N) is 1. The van der Waals surface area contributed by atoms with E-state index in [1.165, 1.54) is 46.9 Å². The number of hydrogen-bond donors (Lipinski definition) is 1. The van der Waals surface area contributed by atoms with Gasteiger partial charge in [0.2, 0.25) is 0 Å². The summed E-state index contributed by atoms with van der Waals surface area (Å²) in [6.07, 6.45) is 5.78. The second-order valence-electron chi connectivity index (χ2n) is 4.36. The Labute approximate surface area is 91.5 Å². The Bertz CT molecular complexity index is 465. The molecule has 0 aliphatic rings. The first kappa shape index (κ1) is 10.3. The van der Waals surface area contributed by atoms with Crippen LogP contribution in [0.3, 0.4) is 0 Å². The van der Waals surface area contributed by atoms with Crippen molar-refractivity contribution in [2.75, 3.05) is 0 Å². The van der Waals surface area contributed by atoms with Crippen molar-refractivity contribution in [1.82, 2.24) is 4.98 Å². The highest BCUT2D eigenvalue weighted by Crippen LogP contribution is 2.25. The third kappa shape index (κ3) is 1.79. The molecule has 2 rings (SSSR count). The van der Waals surface area contributed by atoms with E-state index in [4.69, 9.17) is 0 Å². The largest absolute Gasteiger partial charge is 0.361 e. The van der Waals surface area contributed by atoms with Gasteiger partial charge in [-0.3, -0.25) is 0 Å². The molecule has 1 nitrogen and oxygen atoms in total. The molecule has 0 saturated heterocycles. The van der Waals surface area contributed by atoms with Crippen molar-refractivity contribution in [2.24, 2.45) is 0 Å². The third-order valence-electron chi connectivity index (χ3n) is 3.16. The predicted octanol–water partition coefficient (Wildman–Crippen LogP) is 4.13. The smallest absolute Gasteiger partial charge is 0.0491 e. The quantitative estimate of drug-likeness (QED) is 0.768. The summed E-state index contributed by atoms with van der Waals surface area (Å²) in [5.41, 5.74) is 5.66. The monoisotopic (exact) mass is 201 g/mol. The number of aromatic amines is 1. The number of rotatable bonds is 3. The highest BCUT2D eigenvalue weighted by molar-refractivity contribution is 5.86. The summed E-state index contributed by atoms with van der Waals surface area (Å²) in [7, 11) is 0. The fourth-order valence-electron chi connectivity index (χ4n) is 2.31. The standard InChI is InChI=1S/C14H19N/c1-4-5-6-12-10(2)9-11(3)13-7-8-15-14(12)13/h7-9,15H,4-6H2,1-3H3. The van der Waals surface area contributed by atoms with Crippen LogP contribution < -0.4 is 0 Å². The van der Waals surface area contributed by atoms with Crippen molar-refractivity contribution < 1.29 is 0 Å². The van der Waals surface area contributed by atoms with Crippen LogP contribution in [0, 0.1) is 13.8 Å². The average Bonchev–Trinajstić information content (AvgIpc) is 2.66. The maximum atomic E-state index is 3.38. The van der Waals surface area contributed by atoms with Crippen molar-refractivity contribution in [3.8, 4) is 0 Å². The van der Waals surface area contributed by atoms with Crippen LogP contribution in [0.5, 0.6) is 0 Å². The maximum absolute atomic E-state index is 3.38. The zero-order valence-corrected chi connectivity index (χ0v) is 9.85. The zero-order chi connectivity index (χ0) is 10.8. The SMILES string of the molecule is CCCCc1c(C)cc(C)c2cc[nH]c12. The Balaban J connectivity index is 2.55. The number of H-pyrrole nitrogens is 1. The molecule has 1 N–H and O–H groups in total. The van der Waals surface area contributed by atoms with Crippen LogP contribution in [-0.2, 0) is 6.42 Å². The van der Waals surface area contributed by atoms with E-state index < -0.39 is 0 Å². The van der Waals surface area contributed by atoms with Gasteiger partial charge >= 0.3 is 0 Å². The van der Waals surface area contributed by atoms with Crippen molar-refractivity contribution in [3.05, 3.63) is 35.0 Å². The van der Waals surface area contributed by atoms with E-state index in [9.17, 15) is 0 Å². The Hall–Kier alpha value is -1.24. The predicted molar refractivity (Wildman–Crippen MR) is 66.4 cm³/mol.